The van der Waals surface area contributed by atoms with Crippen molar-refractivity contribution in [3.05, 3.63) is 34.6 Å². The molecule has 1 saturated heterocycles. The molecule has 1 aliphatic rings. The third-order valence-corrected chi connectivity index (χ3v) is 4.61. The topological polar surface area (TPSA) is 55.8 Å². The van der Waals surface area contributed by atoms with Gasteiger partial charge < -0.3 is 14.4 Å². The van der Waals surface area contributed by atoms with Crippen molar-refractivity contribution in [2.75, 3.05) is 0 Å². The van der Waals surface area contributed by atoms with Crippen molar-refractivity contribution < 1.29 is 41.2 Å². The van der Waals surface area contributed by atoms with E-state index in [1.54, 1.807) is 27.7 Å². The van der Waals surface area contributed by atoms with Crippen molar-refractivity contribution in [3.63, 3.8) is 0 Å². The van der Waals surface area contributed by atoms with Gasteiger partial charge in [0.15, 0.2) is 23.3 Å². The monoisotopic (exact) mass is 366 g/mol. The smallest absolute Gasteiger partial charge is 0.466 e. The highest BCUT2D eigenvalue weighted by Crippen LogP contribution is 2.43. The lowest BCUT2D eigenvalue weighted by atomic mass is 9.65. The fourth-order valence-electron chi connectivity index (χ4n) is 2.52. The highest BCUT2D eigenvalue weighted by molar-refractivity contribution is 6.48. The summed E-state index contributed by atoms with van der Waals surface area (Å²) in [5.41, 5.74) is -3.24. The molecule has 1 aliphatic heterocycles. The zero-order valence-electron chi connectivity index (χ0n) is 13.9. The molecule has 0 aliphatic carbocycles. The van der Waals surface area contributed by atoms with Crippen LogP contribution in [0.2, 0.25) is 0 Å². The van der Waals surface area contributed by atoms with Crippen LogP contribution in [0.25, 0.3) is 0 Å². The second-order valence-electron chi connectivity index (χ2n) is 6.81. The molecule has 2 rings (SSSR count). The molecule has 25 heavy (non-hydrogen) atoms. The van der Waals surface area contributed by atoms with Gasteiger partial charge in [-0.2, -0.15) is 0 Å². The summed E-state index contributed by atoms with van der Waals surface area (Å²) in [7, 11) is -1.51. The van der Waals surface area contributed by atoms with Crippen LogP contribution < -0.4 is 0 Å². The Morgan fingerprint density at radius 1 is 0.920 bits per heavy atom. The van der Waals surface area contributed by atoms with Crippen LogP contribution in [0.3, 0.4) is 0 Å². The molecule has 0 bridgehead atoms. The van der Waals surface area contributed by atoms with E-state index >= 15 is 0 Å². The molecule has 0 saturated carbocycles. The average molecular weight is 366 g/mol. The van der Waals surface area contributed by atoms with Crippen LogP contribution in [0.1, 0.15) is 45.5 Å². The normalized spacial score (nSPS) is 20.0. The first-order valence-electron chi connectivity index (χ1n) is 7.39. The number of aliphatic carboxylic acids is 1. The summed E-state index contributed by atoms with van der Waals surface area (Å²) in [6.07, 6.45) is -0.949. The Morgan fingerprint density at radius 3 is 1.64 bits per heavy atom. The minimum absolute atomic E-state index is 0.949. The van der Waals surface area contributed by atoms with Crippen LogP contribution in [0, 0.1) is 29.1 Å². The quantitative estimate of drug-likeness (QED) is 0.383. The van der Waals surface area contributed by atoms with Gasteiger partial charge in [0, 0.05) is 11.4 Å². The third-order valence-electron chi connectivity index (χ3n) is 4.61. The van der Waals surface area contributed by atoms with E-state index in [1.165, 1.54) is 0 Å². The number of hydrogen-bond donors (Lipinski definition) is 1. The van der Waals surface area contributed by atoms with Crippen molar-refractivity contribution in [3.8, 4) is 0 Å². The number of carboxylic acids is 1. The van der Waals surface area contributed by atoms with Gasteiger partial charge in [-0.1, -0.05) is 0 Å². The standard InChI is InChI=1S/C15H16BF5O4/c1-14(2)15(3,4)25-16(24-14)6(5-7(22)23)8-9(17)11(19)13(21)12(20)10(8)18/h6H,5H2,1-4H3,(H,22,23). The van der Waals surface area contributed by atoms with E-state index in [0.29, 0.717) is 0 Å². The molecule has 1 heterocycles. The molecular weight excluding hydrogens is 350 g/mol. The first kappa shape index (κ1) is 19.6. The summed E-state index contributed by atoms with van der Waals surface area (Å²) < 4.78 is 79.6. The van der Waals surface area contributed by atoms with E-state index in [2.05, 4.69) is 0 Å². The molecule has 0 spiro atoms. The molecule has 10 heteroatoms. The van der Waals surface area contributed by atoms with Crippen LogP contribution in [0.15, 0.2) is 0 Å². The number of rotatable bonds is 4. The summed E-state index contributed by atoms with van der Waals surface area (Å²) in [5.74, 6) is -14.1. The largest absolute Gasteiger partial charge is 0.481 e. The van der Waals surface area contributed by atoms with Gasteiger partial charge in [0.1, 0.15) is 0 Å². The molecule has 1 fully saturated rings. The SMILES string of the molecule is CC1(C)OB(C(CC(=O)O)c2c(F)c(F)c(F)c(F)c2F)OC1(C)C. The first-order chi connectivity index (χ1) is 11.3. The minimum Gasteiger partial charge on any atom is -0.481 e. The van der Waals surface area contributed by atoms with Crippen molar-refractivity contribution in [2.24, 2.45) is 0 Å². The zero-order chi connectivity index (χ0) is 19.3. The summed E-state index contributed by atoms with van der Waals surface area (Å²) in [5, 5.41) is 9.02. The predicted octanol–water partition coefficient (Wildman–Crippen LogP) is 3.57. The van der Waals surface area contributed by atoms with Gasteiger partial charge in [0.25, 0.3) is 0 Å². The van der Waals surface area contributed by atoms with E-state index in [4.69, 9.17) is 14.4 Å². The Hall–Kier alpha value is -1.68. The number of hydrogen-bond acceptors (Lipinski definition) is 3. The van der Waals surface area contributed by atoms with E-state index in [0.717, 1.165) is 0 Å². The fraction of sp³-hybridized carbons (Fsp3) is 0.533. The summed E-state index contributed by atoms with van der Waals surface area (Å²) >= 11 is 0. The second-order valence-corrected chi connectivity index (χ2v) is 6.81. The lowest BCUT2D eigenvalue weighted by Gasteiger charge is -2.32. The lowest BCUT2D eigenvalue weighted by molar-refractivity contribution is -0.137. The van der Waals surface area contributed by atoms with Crippen LogP contribution in [-0.2, 0) is 14.1 Å². The number of carbonyl (C=O) groups is 1. The molecule has 4 nitrogen and oxygen atoms in total. The Morgan fingerprint density at radius 2 is 1.28 bits per heavy atom. The number of carboxylic acid groups (broad SMARTS) is 1. The molecule has 1 N–H and O–H groups in total. The van der Waals surface area contributed by atoms with Crippen molar-refractivity contribution in [2.45, 2.75) is 51.1 Å². The molecule has 138 valence electrons. The maximum absolute atomic E-state index is 14.1. The summed E-state index contributed by atoms with van der Waals surface area (Å²) in [6.45, 7) is 6.40. The predicted molar refractivity (Wildman–Crippen MR) is 77.3 cm³/mol. The first-order valence-corrected chi connectivity index (χ1v) is 7.39. The van der Waals surface area contributed by atoms with Gasteiger partial charge in [0.2, 0.25) is 5.82 Å². The molecule has 0 aromatic heterocycles. The zero-order valence-corrected chi connectivity index (χ0v) is 13.9. The number of halogens is 5. The average Bonchev–Trinajstić information content (AvgIpc) is 2.70. The maximum atomic E-state index is 14.1. The molecule has 1 unspecified atom stereocenters. The minimum atomic E-state index is -2.32. The van der Waals surface area contributed by atoms with Crippen LogP contribution >= 0.6 is 0 Å². The van der Waals surface area contributed by atoms with Crippen molar-refractivity contribution in [1.29, 1.82) is 0 Å². The molecular formula is C15H16BF5O4. The van der Waals surface area contributed by atoms with Crippen LogP contribution in [-0.4, -0.2) is 29.4 Å². The van der Waals surface area contributed by atoms with Crippen molar-refractivity contribution in [1.82, 2.24) is 0 Å². The van der Waals surface area contributed by atoms with Gasteiger partial charge in [0.05, 0.1) is 17.6 Å². The number of benzene rings is 1. The highest BCUT2D eigenvalue weighted by Gasteiger charge is 2.55. The van der Waals surface area contributed by atoms with E-state index in [-0.39, 0.29) is 0 Å². The van der Waals surface area contributed by atoms with E-state index in [9.17, 15) is 26.7 Å². The van der Waals surface area contributed by atoms with Gasteiger partial charge in [-0.05, 0) is 27.7 Å². The fourth-order valence-corrected chi connectivity index (χ4v) is 2.52. The maximum Gasteiger partial charge on any atom is 0.466 e. The molecule has 0 amide bonds. The van der Waals surface area contributed by atoms with Crippen LogP contribution in [0.5, 0.6) is 0 Å². The van der Waals surface area contributed by atoms with E-state index < -0.39 is 71.2 Å². The van der Waals surface area contributed by atoms with E-state index in [1.807, 2.05) is 0 Å². The Labute approximate surface area is 141 Å². The highest BCUT2D eigenvalue weighted by atomic mass is 19.2. The third kappa shape index (κ3) is 3.24. The Bertz CT molecular complexity index is 677. The van der Waals surface area contributed by atoms with Gasteiger partial charge in [-0.25, -0.2) is 22.0 Å². The van der Waals surface area contributed by atoms with Crippen LogP contribution in [0.4, 0.5) is 22.0 Å². The summed E-state index contributed by atoms with van der Waals surface area (Å²) in [6, 6.07) is 0. The second kappa shape index (κ2) is 6.24. The van der Waals surface area contributed by atoms with Gasteiger partial charge in [-0.15, -0.1) is 0 Å². The lowest BCUT2D eigenvalue weighted by Crippen LogP contribution is -2.41. The van der Waals surface area contributed by atoms with Crippen molar-refractivity contribution >= 4 is 13.1 Å². The molecule has 1 aromatic rings. The molecule has 1 aromatic carbocycles. The van der Waals surface area contributed by atoms with Gasteiger partial charge >= 0.3 is 13.1 Å². The summed E-state index contributed by atoms with van der Waals surface area (Å²) in [4.78, 5) is 11.1. The molecule has 0 radical (unpaired) electrons. The Kier molecular flexibility index (Phi) is 4.91. The Balaban J connectivity index is 2.60. The van der Waals surface area contributed by atoms with Gasteiger partial charge in [-0.3, -0.25) is 4.79 Å². The molecule has 1 atom stereocenters.